The van der Waals surface area contributed by atoms with Gasteiger partial charge in [-0.2, -0.15) is 0 Å². The van der Waals surface area contributed by atoms with Gasteiger partial charge in [-0.05, 0) is 0 Å². The van der Waals surface area contributed by atoms with Crippen LogP contribution in [-0.2, 0) is 14.1 Å². The maximum atomic E-state index is 15.3. The molecule has 0 amide bonds. The fraction of sp³-hybridized carbons (Fsp3) is 0.143. The SMILES string of the molecule is O=S(=O)(OP(c1ccccc1)(c1ccccc1)(c1ccccc1)c1ccccc1)C(F)(F)C(F)(F)C(F)(F)C(F)(F)F. The summed E-state index contributed by atoms with van der Waals surface area (Å²) in [6.07, 6.45) is -7.24. The van der Waals surface area contributed by atoms with Crippen LogP contribution in [0.2, 0.25) is 0 Å². The van der Waals surface area contributed by atoms with Gasteiger partial charge < -0.3 is 0 Å². The number of hydrogen-bond acceptors (Lipinski definition) is 3. The molecule has 0 aromatic heterocycles. The summed E-state index contributed by atoms with van der Waals surface area (Å²) >= 11 is 0. The third kappa shape index (κ3) is 4.32. The molecular weight excluding hydrogens is 618 g/mol. The van der Waals surface area contributed by atoms with Crippen molar-refractivity contribution < 1.29 is 51.9 Å². The van der Waals surface area contributed by atoms with E-state index in [4.69, 9.17) is 3.97 Å². The topological polar surface area (TPSA) is 43.4 Å². The van der Waals surface area contributed by atoms with Gasteiger partial charge in [-0.3, -0.25) is 0 Å². The average molecular weight is 638 g/mol. The van der Waals surface area contributed by atoms with E-state index in [2.05, 4.69) is 0 Å². The van der Waals surface area contributed by atoms with E-state index in [1.165, 1.54) is 121 Å². The predicted octanol–water partition coefficient (Wildman–Crippen LogP) is 6.53. The molecule has 0 saturated heterocycles. The number of halogens is 9. The molecule has 0 fully saturated rings. The van der Waals surface area contributed by atoms with E-state index in [0.717, 1.165) is 0 Å². The predicted molar refractivity (Wildman–Crippen MR) is 142 cm³/mol. The number of alkyl halides is 9. The van der Waals surface area contributed by atoms with Gasteiger partial charge in [0.2, 0.25) is 0 Å². The van der Waals surface area contributed by atoms with Gasteiger partial charge in [0.15, 0.2) is 0 Å². The summed E-state index contributed by atoms with van der Waals surface area (Å²) in [6, 6.07) is 26.9. The molecule has 0 atom stereocenters. The second kappa shape index (κ2) is 10.4. The first kappa shape index (κ1) is 31.5. The molecule has 4 aromatic rings. The molecule has 0 heterocycles. The Bertz CT molecular complexity index is 1460. The minimum atomic E-state index is -7.49. The molecule has 224 valence electrons. The molecule has 0 radical (unpaired) electrons. The summed E-state index contributed by atoms with van der Waals surface area (Å²) in [6.45, 7) is -5.75. The van der Waals surface area contributed by atoms with Crippen LogP contribution in [0.4, 0.5) is 39.5 Å². The molecule has 4 aromatic carbocycles. The van der Waals surface area contributed by atoms with E-state index in [1.54, 1.807) is 0 Å². The first-order valence-electron chi connectivity index (χ1n) is 11.9. The van der Waals surface area contributed by atoms with Crippen molar-refractivity contribution in [3.05, 3.63) is 121 Å². The molecule has 0 spiro atoms. The van der Waals surface area contributed by atoms with Gasteiger partial charge in [0.25, 0.3) is 0 Å². The van der Waals surface area contributed by atoms with Gasteiger partial charge in [-0.15, -0.1) is 0 Å². The third-order valence-corrected chi connectivity index (χ3v) is 14.7. The molecule has 0 aliphatic rings. The zero-order valence-electron chi connectivity index (χ0n) is 21.0. The minimum absolute atomic E-state index is 0.155. The quantitative estimate of drug-likeness (QED) is 0.155. The zero-order valence-corrected chi connectivity index (χ0v) is 22.7. The van der Waals surface area contributed by atoms with Crippen LogP contribution in [0.5, 0.6) is 0 Å². The number of rotatable bonds is 9. The Morgan fingerprint density at radius 1 is 0.452 bits per heavy atom. The maximum absolute atomic E-state index is 15.3. The van der Waals surface area contributed by atoms with E-state index < -0.39 is 40.2 Å². The number of benzene rings is 4. The summed E-state index contributed by atoms with van der Waals surface area (Å²) in [7, 11) is -7.37. The van der Waals surface area contributed by atoms with Crippen molar-refractivity contribution in [1.29, 1.82) is 0 Å². The number of hydrogen-bond donors (Lipinski definition) is 0. The van der Waals surface area contributed by atoms with Gasteiger partial charge in [-0.25, -0.2) is 0 Å². The first-order chi connectivity index (χ1) is 19.5. The Hall–Kier alpha value is -3.41. The van der Waals surface area contributed by atoms with Gasteiger partial charge in [0.1, 0.15) is 0 Å². The van der Waals surface area contributed by atoms with Crippen LogP contribution >= 0.6 is 6.83 Å². The summed E-state index contributed by atoms with van der Waals surface area (Å²) in [5.41, 5.74) is 0. The molecule has 4 rings (SSSR count). The van der Waals surface area contributed by atoms with Crippen LogP contribution in [0.1, 0.15) is 0 Å². The molecule has 3 nitrogen and oxygen atoms in total. The van der Waals surface area contributed by atoms with Crippen molar-refractivity contribution in [2.75, 3.05) is 0 Å². The van der Waals surface area contributed by atoms with E-state index >= 15 is 8.78 Å². The standard InChI is InChI=1S/C28H20F9O3PS/c29-25(30,27(33,34)35)26(31,32)28(36,37)42(38,39)40-41(21-13-5-1-6-14-21,22-15-7-2-8-16-22,23-17-9-3-10-18-23)24-19-11-4-12-20-24/h1-20H. The van der Waals surface area contributed by atoms with Crippen LogP contribution < -0.4 is 21.2 Å². The Balaban J connectivity index is 2.23. The van der Waals surface area contributed by atoms with Crippen molar-refractivity contribution in [2.45, 2.75) is 23.3 Å². The molecular formula is C28H20F9O3PS. The molecule has 0 saturated carbocycles. The van der Waals surface area contributed by atoms with Gasteiger partial charge >= 0.3 is 235 Å². The molecule has 0 aliphatic heterocycles. The van der Waals surface area contributed by atoms with Crippen LogP contribution in [0, 0.1) is 0 Å². The van der Waals surface area contributed by atoms with Crippen molar-refractivity contribution in [3.63, 3.8) is 0 Å². The van der Waals surface area contributed by atoms with Crippen molar-refractivity contribution >= 4 is 38.2 Å². The van der Waals surface area contributed by atoms with Crippen molar-refractivity contribution in [3.8, 4) is 0 Å². The van der Waals surface area contributed by atoms with Crippen LogP contribution in [0.3, 0.4) is 0 Å². The molecule has 42 heavy (non-hydrogen) atoms. The Morgan fingerprint density at radius 3 is 0.952 bits per heavy atom. The second-order valence-corrected chi connectivity index (χ2v) is 15.2. The van der Waals surface area contributed by atoms with Crippen molar-refractivity contribution in [1.82, 2.24) is 0 Å². The van der Waals surface area contributed by atoms with Gasteiger partial charge in [-0.1, -0.05) is 0 Å². The van der Waals surface area contributed by atoms with E-state index in [1.807, 2.05) is 0 Å². The summed E-state index contributed by atoms with van der Waals surface area (Å²) < 4.78 is 159. The van der Waals surface area contributed by atoms with E-state index in [-0.39, 0.29) is 21.2 Å². The van der Waals surface area contributed by atoms with Crippen LogP contribution in [0.25, 0.3) is 0 Å². The third-order valence-electron chi connectivity index (χ3n) is 6.67. The summed E-state index contributed by atoms with van der Waals surface area (Å²) in [5.74, 6) is -15.0. The van der Waals surface area contributed by atoms with Gasteiger partial charge in [0, 0.05) is 0 Å². The fourth-order valence-electron chi connectivity index (χ4n) is 4.68. The van der Waals surface area contributed by atoms with E-state index in [0.29, 0.717) is 0 Å². The second-order valence-electron chi connectivity index (χ2n) is 9.07. The first-order valence-corrected chi connectivity index (χ1v) is 15.4. The Morgan fingerprint density at radius 2 is 0.714 bits per heavy atom. The summed E-state index contributed by atoms with van der Waals surface area (Å²) in [5, 5.41) is -7.71. The van der Waals surface area contributed by atoms with Gasteiger partial charge in [0.05, 0.1) is 0 Å². The van der Waals surface area contributed by atoms with Crippen molar-refractivity contribution in [2.24, 2.45) is 0 Å². The van der Waals surface area contributed by atoms with E-state index in [9.17, 15) is 39.2 Å². The molecule has 0 unspecified atom stereocenters. The van der Waals surface area contributed by atoms with Crippen LogP contribution in [0.15, 0.2) is 121 Å². The molecule has 0 bridgehead atoms. The van der Waals surface area contributed by atoms with Crippen LogP contribution in [-0.4, -0.2) is 31.7 Å². The molecule has 14 heteroatoms. The monoisotopic (exact) mass is 638 g/mol. The molecule has 0 aliphatic carbocycles. The average Bonchev–Trinajstić information content (AvgIpc) is 2.97. The Kier molecular flexibility index (Phi) is 7.80. The summed E-state index contributed by atoms with van der Waals surface area (Å²) in [4.78, 5) is 0. The zero-order chi connectivity index (χ0) is 31.1. The normalized spacial score (nSPS) is 14.6. The molecule has 0 N–H and O–H groups in total. The fourth-order valence-corrected chi connectivity index (χ4v) is 13.2. The Labute approximate surface area is 234 Å².